The molecule has 0 aliphatic carbocycles. The Labute approximate surface area is 107 Å². The van der Waals surface area contributed by atoms with Gasteiger partial charge < -0.3 is 19.5 Å². The van der Waals surface area contributed by atoms with Gasteiger partial charge in [0.2, 0.25) is 0 Å². The molecule has 18 heavy (non-hydrogen) atoms. The molecule has 7 nitrogen and oxygen atoms in total. The lowest BCUT2D eigenvalue weighted by atomic mass is 9.91. The second-order valence-corrected chi connectivity index (χ2v) is 6.80. The van der Waals surface area contributed by atoms with E-state index in [2.05, 4.69) is 0 Å². The number of carbonyl (C=O) groups is 1. The summed E-state index contributed by atoms with van der Waals surface area (Å²) in [5.41, 5.74) is 0. The molecule has 0 saturated carbocycles. The van der Waals surface area contributed by atoms with Gasteiger partial charge >= 0.3 is 0 Å². The summed E-state index contributed by atoms with van der Waals surface area (Å²) in [5.74, 6) is -2.40. The van der Waals surface area contributed by atoms with Gasteiger partial charge in [-0.2, -0.15) is 8.42 Å². The molecule has 0 rings (SSSR count). The Kier molecular flexibility index (Phi) is 6.21. The minimum absolute atomic E-state index is 0.0342. The topological polar surface area (TPSA) is 115 Å². The van der Waals surface area contributed by atoms with Crippen LogP contribution in [0.15, 0.2) is 0 Å². The van der Waals surface area contributed by atoms with Crippen LogP contribution in [0.25, 0.3) is 0 Å². The van der Waals surface area contributed by atoms with Gasteiger partial charge in [-0.1, -0.05) is 0 Å². The first-order valence-electron chi connectivity index (χ1n) is 5.57. The molecular formula is C10H21NO6S. The molecule has 2 unspecified atom stereocenters. The van der Waals surface area contributed by atoms with Crippen molar-refractivity contribution in [1.82, 2.24) is 0 Å². The number of aliphatic hydroxyl groups is 1. The molecular weight excluding hydrogens is 262 g/mol. The van der Waals surface area contributed by atoms with E-state index in [0.29, 0.717) is 0 Å². The molecule has 8 heteroatoms. The zero-order valence-electron chi connectivity index (χ0n) is 10.9. The Balaban J connectivity index is 4.99. The van der Waals surface area contributed by atoms with Gasteiger partial charge in [0.15, 0.2) is 0 Å². The molecule has 2 atom stereocenters. The zero-order chi connectivity index (χ0) is 14.6. The van der Waals surface area contributed by atoms with E-state index in [1.807, 2.05) is 0 Å². The Hall–Kier alpha value is -0.700. The maximum Gasteiger partial charge on any atom is 0.264 e. The quantitative estimate of drug-likeness (QED) is 0.397. The first-order chi connectivity index (χ1) is 7.99. The number of hydrogen-bond donors (Lipinski definition) is 2. The average Bonchev–Trinajstić information content (AvgIpc) is 2.10. The van der Waals surface area contributed by atoms with Gasteiger partial charge in [0.1, 0.15) is 6.04 Å². The lowest BCUT2D eigenvalue weighted by molar-refractivity contribution is -0.893. The molecule has 0 radical (unpaired) electrons. The van der Waals surface area contributed by atoms with Crippen LogP contribution >= 0.6 is 0 Å². The summed E-state index contributed by atoms with van der Waals surface area (Å²) < 4.78 is 30.2. The standard InChI is InChI=1S/C10H21NO6S/c1-11(2,3)9(10(13)14)8(4-6-12)5-7-18(15,16)17/h8-9,12H,4-7H2,1-3H3,(H-,13,14,15,16,17). The number of likely N-dealkylation sites (N-methyl/N-ethyl adjacent to an activating group) is 1. The molecule has 2 N–H and O–H groups in total. The fourth-order valence-electron chi connectivity index (χ4n) is 2.07. The van der Waals surface area contributed by atoms with Crippen LogP contribution in [0.5, 0.6) is 0 Å². The average molecular weight is 283 g/mol. The molecule has 0 aromatic carbocycles. The van der Waals surface area contributed by atoms with Crippen LogP contribution in [0.3, 0.4) is 0 Å². The van der Waals surface area contributed by atoms with Crippen LogP contribution in [-0.4, -0.2) is 68.1 Å². The highest BCUT2D eigenvalue weighted by atomic mass is 32.2. The number of aliphatic hydroxyl groups excluding tert-OH is 1. The Morgan fingerprint density at radius 1 is 1.28 bits per heavy atom. The third-order valence-corrected chi connectivity index (χ3v) is 3.52. The first kappa shape index (κ1) is 17.3. The Morgan fingerprint density at radius 3 is 2.06 bits per heavy atom. The van der Waals surface area contributed by atoms with Crippen molar-refractivity contribution in [2.45, 2.75) is 18.9 Å². The zero-order valence-corrected chi connectivity index (χ0v) is 11.7. The molecule has 0 spiro atoms. The van der Waals surface area contributed by atoms with Crippen molar-refractivity contribution in [3.05, 3.63) is 0 Å². The van der Waals surface area contributed by atoms with Crippen molar-refractivity contribution in [2.75, 3.05) is 33.5 Å². The fraction of sp³-hybridized carbons (Fsp3) is 0.900. The van der Waals surface area contributed by atoms with E-state index in [0.717, 1.165) is 0 Å². The highest BCUT2D eigenvalue weighted by Crippen LogP contribution is 2.21. The molecule has 0 heterocycles. The predicted octanol–water partition coefficient (Wildman–Crippen LogP) is -1.91. The Morgan fingerprint density at radius 2 is 1.78 bits per heavy atom. The largest absolute Gasteiger partial charge is 0.544 e. The molecule has 0 amide bonds. The van der Waals surface area contributed by atoms with E-state index < -0.39 is 33.8 Å². The van der Waals surface area contributed by atoms with Crippen molar-refractivity contribution in [3.63, 3.8) is 0 Å². The first-order valence-corrected chi connectivity index (χ1v) is 7.18. The van der Waals surface area contributed by atoms with Gasteiger partial charge in [0.25, 0.3) is 10.1 Å². The number of carbonyl (C=O) groups excluding carboxylic acids is 1. The molecule has 0 bridgehead atoms. The van der Waals surface area contributed by atoms with E-state index in [9.17, 15) is 18.3 Å². The van der Waals surface area contributed by atoms with Gasteiger partial charge in [-0.3, -0.25) is 4.55 Å². The van der Waals surface area contributed by atoms with Crippen molar-refractivity contribution in [2.24, 2.45) is 5.92 Å². The van der Waals surface area contributed by atoms with E-state index in [1.165, 1.54) is 0 Å². The smallest absolute Gasteiger partial charge is 0.264 e. The fourth-order valence-corrected chi connectivity index (χ4v) is 2.67. The summed E-state index contributed by atoms with van der Waals surface area (Å²) >= 11 is 0. The molecule has 0 aromatic heterocycles. The number of quaternary nitrogens is 1. The molecule has 0 saturated heterocycles. The van der Waals surface area contributed by atoms with Gasteiger partial charge in [-0.15, -0.1) is 0 Å². The van der Waals surface area contributed by atoms with E-state index >= 15 is 0 Å². The maximum atomic E-state index is 11.2. The summed E-state index contributed by atoms with van der Waals surface area (Å²) in [4.78, 5) is 11.2. The number of nitrogens with zero attached hydrogens (tertiary/aromatic N) is 1. The minimum Gasteiger partial charge on any atom is -0.544 e. The maximum absolute atomic E-state index is 11.2. The van der Waals surface area contributed by atoms with E-state index in [-0.39, 0.29) is 23.9 Å². The summed E-state index contributed by atoms with van der Waals surface area (Å²) in [5, 5.41) is 20.1. The lowest BCUT2D eigenvalue weighted by Gasteiger charge is -2.39. The highest BCUT2D eigenvalue weighted by Gasteiger charge is 2.34. The van der Waals surface area contributed by atoms with Crippen LogP contribution in [0.4, 0.5) is 0 Å². The highest BCUT2D eigenvalue weighted by molar-refractivity contribution is 7.85. The van der Waals surface area contributed by atoms with E-state index in [4.69, 9.17) is 9.66 Å². The molecule has 0 aliphatic rings. The lowest BCUT2D eigenvalue weighted by Crippen LogP contribution is -2.58. The van der Waals surface area contributed by atoms with Gasteiger partial charge in [0.05, 0.1) is 32.9 Å². The third-order valence-electron chi connectivity index (χ3n) is 2.77. The van der Waals surface area contributed by atoms with Crippen LogP contribution in [0, 0.1) is 5.92 Å². The summed E-state index contributed by atoms with van der Waals surface area (Å²) in [6.07, 6.45) is 0.108. The number of aliphatic carboxylic acids is 1. The van der Waals surface area contributed by atoms with Gasteiger partial charge in [-0.05, 0) is 12.8 Å². The van der Waals surface area contributed by atoms with Crippen molar-refractivity contribution in [3.8, 4) is 0 Å². The van der Waals surface area contributed by atoms with Crippen LogP contribution < -0.4 is 5.11 Å². The summed E-state index contributed by atoms with van der Waals surface area (Å²) in [6.45, 7) is -0.250. The molecule has 108 valence electrons. The van der Waals surface area contributed by atoms with E-state index in [1.54, 1.807) is 21.1 Å². The SMILES string of the molecule is C[N+](C)(C)C(C(=O)[O-])C(CCO)CCS(=O)(=O)O. The Bertz CT molecular complexity index is 372. The number of carboxylic acid groups (broad SMARTS) is 1. The second kappa shape index (κ2) is 6.46. The second-order valence-electron chi connectivity index (χ2n) is 5.23. The van der Waals surface area contributed by atoms with Crippen molar-refractivity contribution in [1.29, 1.82) is 0 Å². The molecule has 0 fully saturated rings. The van der Waals surface area contributed by atoms with Crippen LogP contribution in [-0.2, 0) is 14.9 Å². The normalized spacial score (nSPS) is 16.3. The van der Waals surface area contributed by atoms with Gasteiger partial charge in [0, 0.05) is 12.5 Å². The van der Waals surface area contributed by atoms with Crippen LogP contribution in [0.1, 0.15) is 12.8 Å². The molecule has 0 aromatic rings. The predicted molar refractivity (Wildman–Crippen MR) is 63.1 cm³/mol. The van der Waals surface area contributed by atoms with Crippen LogP contribution in [0.2, 0.25) is 0 Å². The van der Waals surface area contributed by atoms with Gasteiger partial charge in [-0.25, -0.2) is 0 Å². The van der Waals surface area contributed by atoms with Crippen molar-refractivity contribution < 1.29 is 32.5 Å². The number of carboxylic acids is 1. The molecule has 0 aliphatic heterocycles. The number of hydrogen-bond acceptors (Lipinski definition) is 5. The minimum atomic E-state index is -4.14. The summed E-state index contributed by atoms with van der Waals surface area (Å²) in [7, 11) is 0.809. The monoisotopic (exact) mass is 283 g/mol. The summed E-state index contributed by atoms with van der Waals surface area (Å²) in [6, 6.07) is -0.945. The third kappa shape index (κ3) is 6.29. The number of rotatable bonds is 8. The van der Waals surface area contributed by atoms with Crippen molar-refractivity contribution >= 4 is 16.1 Å².